The monoisotopic (exact) mass is 348 g/mol. The van der Waals surface area contributed by atoms with E-state index < -0.39 is 0 Å². The molecule has 0 aliphatic heterocycles. The first-order valence-electron chi connectivity index (χ1n) is 7.93. The van der Waals surface area contributed by atoms with Crippen LogP contribution in [0.1, 0.15) is 39.0 Å². The molecule has 0 spiro atoms. The summed E-state index contributed by atoms with van der Waals surface area (Å²) in [6.07, 6.45) is 0.995. The zero-order chi connectivity index (χ0) is 16.8. The summed E-state index contributed by atoms with van der Waals surface area (Å²) in [6.45, 7) is 8.15. The summed E-state index contributed by atoms with van der Waals surface area (Å²) in [6, 6.07) is 8.13. The highest BCUT2D eigenvalue weighted by molar-refractivity contribution is 7.98. The maximum Gasteiger partial charge on any atom is 0.230 e. The summed E-state index contributed by atoms with van der Waals surface area (Å²) in [5.41, 5.74) is 3.19. The molecule has 1 aromatic carbocycles. The van der Waals surface area contributed by atoms with E-state index in [2.05, 4.69) is 43.3 Å². The van der Waals surface area contributed by atoms with E-state index in [0.29, 0.717) is 5.92 Å². The average molecular weight is 349 g/mol. The molecular formula is C18H24N2OS2. The van der Waals surface area contributed by atoms with Crippen LogP contribution < -0.4 is 4.90 Å². The lowest BCUT2D eigenvalue weighted by molar-refractivity contribution is -0.115. The molecule has 0 bridgehead atoms. The van der Waals surface area contributed by atoms with Gasteiger partial charge in [0.05, 0.1) is 11.4 Å². The van der Waals surface area contributed by atoms with E-state index in [1.165, 1.54) is 16.9 Å². The van der Waals surface area contributed by atoms with Gasteiger partial charge in [0.15, 0.2) is 5.13 Å². The molecule has 0 aliphatic rings. The minimum absolute atomic E-state index is 0.00928. The normalized spacial score (nSPS) is 11.0. The predicted octanol–water partition coefficient (Wildman–Crippen LogP) is 5.28. The van der Waals surface area contributed by atoms with Gasteiger partial charge in [0.2, 0.25) is 5.91 Å². The molecule has 124 valence electrons. The first-order valence-corrected chi connectivity index (χ1v) is 9.96. The van der Waals surface area contributed by atoms with Crippen molar-refractivity contribution in [1.82, 2.24) is 4.98 Å². The Morgan fingerprint density at radius 3 is 2.57 bits per heavy atom. The van der Waals surface area contributed by atoms with Crippen molar-refractivity contribution >= 4 is 39.8 Å². The number of hydrogen-bond donors (Lipinski definition) is 0. The molecule has 3 nitrogen and oxygen atoms in total. The number of aryl methyl sites for hydroxylation is 1. The van der Waals surface area contributed by atoms with E-state index >= 15 is 0 Å². The molecule has 1 aromatic heterocycles. The van der Waals surface area contributed by atoms with Gasteiger partial charge >= 0.3 is 0 Å². The summed E-state index contributed by atoms with van der Waals surface area (Å²) in [5.74, 6) is 2.70. The third-order valence-electron chi connectivity index (χ3n) is 3.35. The number of amides is 1. The van der Waals surface area contributed by atoms with Crippen LogP contribution in [-0.2, 0) is 17.0 Å². The number of carbonyl (C=O) groups excluding carboxylic acids is 1. The number of nitrogens with zero attached hydrogens (tertiary/aromatic N) is 2. The van der Waals surface area contributed by atoms with Crippen molar-refractivity contribution in [3.8, 4) is 0 Å². The minimum Gasteiger partial charge on any atom is -0.274 e. The molecule has 1 heterocycles. The molecule has 0 saturated heterocycles. The van der Waals surface area contributed by atoms with E-state index in [-0.39, 0.29) is 5.91 Å². The van der Waals surface area contributed by atoms with E-state index in [0.717, 1.165) is 34.4 Å². The van der Waals surface area contributed by atoms with E-state index in [1.807, 2.05) is 23.9 Å². The van der Waals surface area contributed by atoms with Gasteiger partial charge < -0.3 is 0 Å². The zero-order valence-corrected chi connectivity index (χ0v) is 15.8. The molecule has 0 unspecified atom stereocenters. The van der Waals surface area contributed by atoms with Crippen LogP contribution >= 0.6 is 23.1 Å². The van der Waals surface area contributed by atoms with Crippen molar-refractivity contribution in [2.75, 3.05) is 10.7 Å². The molecule has 23 heavy (non-hydrogen) atoms. The van der Waals surface area contributed by atoms with Gasteiger partial charge in [0.25, 0.3) is 0 Å². The van der Waals surface area contributed by atoms with Crippen LogP contribution in [0, 0.1) is 5.92 Å². The molecule has 0 atom stereocenters. The van der Waals surface area contributed by atoms with Crippen molar-refractivity contribution in [1.29, 1.82) is 0 Å². The Kier molecular flexibility index (Phi) is 6.66. The standard InChI is InChI=1S/C18H24N2OS2/c1-5-15-6-8-17(9-7-15)20(14(4)21)18-19-16(12-23-18)11-22-10-13(2)3/h6-9,12-13H,5,10-11H2,1-4H3. The van der Waals surface area contributed by atoms with E-state index in [9.17, 15) is 4.79 Å². The van der Waals surface area contributed by atoms with Crippen molar-refractivity contribution in [2.45, 2.75) is 39.9 Å². The number of anilines is 2. The quantitative estimate of drug-likeness (QED) is 0.682. The second kappa shape index (κ2) is 8.50. The molecule has 1 amide bonds. The van der Waals surface area contributed by atoms with Crippen LogP contribution in [0.3, 0.4) is 0 Å². The van der Waals surface area contributed by atoms with Crippen LogP contribution in [0.5, 0.6) is 0 Å². The number of benzene rings is 1. The van der Waals surface area contributed by atoms with Crippen LogP contribution in [0.25, 0.3) is 0 Å². The Bertz CT molecular complexity index is 635. The smallest absolute Gasteiger partial charge is 0.230 e. The van der Waals surface area contributed by atoms with Crippen molar-refractivity contribution in [2.24, 2.45) is 5.92 Å². The maximum absolute atomic E-state index is 12.1. The molecule has 2 rings (SSSR count). The van der Waals surface area contributed by atoms with Crippen LogP contribution in [0.4, 0.5) is 10.8 Å². The van der Waals surface area contributed by atoms with Crippen molar-refractivity contribution in [3.63, 3.8) is 0 Å². The Hall–Kier alpha value is -1.33. The average Bonchev–Trinajstić information content (AvgIpc) is 2.96. The number of aromatic nitrogens is 1. The van der Waals surface area contributed by atoms with Gasteiger partial charge in [0, 0.05) is 18.1 Å². The number of carbonyl (C=O) groups is 1. The highest BCUT2D eigenvalue weighted by Crippen LogP contribution is 2.30. The van der Waals surface area contributed by atoms with Gasteiger partial charge in [-0.3, -0.25) is 9.69 Å². The van der Waals surface area contributed by atoms with Gasteiger partial charge in [-0.2, -0.15) is 11.8 Å². The molecule has 0 radical (unpaired) electrons. The number of thioether (sulfide) groups is 1. The van der Waals surface area contributed by atoms with Gasteiger partial charge in [0.1, 0.15) is 0 Å². The highest BCUT2D eigenvalue weighted by Gasteiger charge is 2.17. The SMILES string of the molecule is CCc1ccc(N(C(C)=O)c2nc(CSCC(C)C)cs2)cc1. The number of thiazole rings is 1. The van der Waals surface area contributed by atoms with Gasteiger partial charge in [-0.1, -0.05) is 32.9 Å². The highest BCUT2D eigenvalue weighted by atomic mass is 32.2. The van der Waals surface area contributed by atoms with Gasteiger partial charge in [-0.25, -0.2) is 4.98 Å². The second-order valence-corrected chi connectivity index (χ2v) is 7.77. The third-order valence-corrected chi connectivity index (χ3v) is 5.63. The van der Waals surface area contributed by atoms with Crippen LogP contribution in [0.15, 0.2) is 29.6 Å². The Labute approximate surface area is 147 Å². The fourth-order valence-electron chi connectivity index (χ4n) is 2.17. The van der Waals surface area contributed by atoms with Crippen molar-refractivity contribution in [3.05, 3.63) is 40.9 Å². The first-order chi connectivity index (χ1) is 11.0. The Balaban J connectivity index is 2.14. The summed E-state index contributed by atoms with van der Waals surface area (Å²) < 4.78 is 0. The lowest BCUT2D eigenvalue weighted by Gasteiger charge is -2.18. The molecule has 0 saturated carbocycles. The molecule has 0 fully saturated rings. The summed E-state index contributed by atoms with van der Waals surface area (Å²) in [7, 11) is 0. The largest absolute Gasteiger partial charge is 0.274 e. The topological polar surface area (TPSA) is 33.2 Å². The van der Waals surface area contributed by atoms with Gasteiger partial charge in [-0.15, -0.1) is 11.3 Å². The lowest BCUT2D eigenvalue weighted by atomic mass is 10.1. The van der Waals surface area contributed by atoms with Crippen LogP contribution in [-0.4, -0.2) is 16.6 Å². The molecule has 0 N–H and O–H groups in total. The zero-order valence-electron chi connectivity index (χ0n) is 14.2. The van der Waals surface area contributed by atoms with E-state index in [4.69, 9.17) is 0 Å². The summed E-state index contributed by atoms with van der Waals surface area (Å²) in [4.78, 5) is 18.4. The molecule has 0 aliphatic carbocycles. The van der Waals surface area contributed by atoms with Crippen molar-refractivity contribution < 1.29 is 4.79 Å². The maximum atomic E-state index is 12.1. The number of hydrogen-bond acceptors (Lipinski definition) is 4. The van der Waals surface area contributed by atoms with E-state index in [1.54, 1.807) is 11.8 Å². The minimum atomic E-state index is -0.00928. The fraction of sp³-hybridized carbons (Fsp3) is 0.444. The lowest BCUT2D eigenvalue weighted by Crippen LogP contribution is -2.22. The number of rotatable bonds is 7. The Morgan fingerprint density at radius 2 is 2.00 bits per heavy atom. The summed E-state index contributed by atoms with van der Waals surface area (Å²) >= 11 is 3.42. The van der Waals surface area contributed by atoms with Crippen LogP contribution in [0.2, 0.25) is 0 Å². The Morgan fingerprint density at radius 1 is 1.30 bits per heavy atom. The predicted molar refractivity (Wildman–Crippen MR) is 102 cm³/mol. The summed E-state index contributed by atoms with van der Waals surface area (Å²) in [5, 5.41) is 2.81. The molecule has 2 aromatic rings. The van der Waals surface area contributed by atoms with Gasteiger partial charge in [-0.05, 0) is 35.8 Å². The first kappa shape index (κ1) is 18.0. The second-order valence-electron chi connectivity index (χ2n) is 5.90. The molecule has 5 heteroatoms. The fourth-order valence-corrected chi connectivity index (χ4v) is 4.11. The molecular weight excluding hydrogens is 324 g/mol. The third kappa shape index (κ3) is 5.08.